The summed E-state index contributed by atoms with van der Waals surface area (Å²) in [5, 5.41) is 0. The highest BCUT2D eigenvalue weighted by Gasteiger charge is 2.26. The second kappa shape index (κ2) is 4.71. The molecule has 1 heterocycles. The van der Waals surface area contributed by atoms with Gasteiger partial charge in [-0.05, 0) is 18.9 Å². The van der Waals surface area contributed by atoms with Gasteiger partial charge in [-0.15, -0.1) is 0 Å². The molecule has 90 valence electrons. The van der Waals surface area contributed by atoms with E-state index in [0.29, 0.717) is 6.73 Å². The predicted octanol–water partition coefficient (Wildman–Crippen LogP) is 3.07. The Labute approximate surface area is 98.8 Å². The van der Waals surface area contributed by atoms with Crippen molar-refractivity contribution < 1.29 is 4.74 Å². The number of imidazole rings is 1. The normalized spacial score (nSPS) is 16.7. The third-order valence-corrected chi connectivity index (χ3v) is 4.67. The molecule has 0 radical (unpaired) electrons. The first-order chi connectivity index (χ1) is 7.56. The third-order valence-electron chi connectivity index (χ3n) is 2.97. The molecule has 0 atom stereocenters. The average Bonchev–Trinajstić information content (AvgIpc) is 2.92. The molecular weight excluding hydrogens is 216 g/mol. The van der Waals surface area contributed by atoms with Gasteiger partial charge in [0.1, 0.15) is 6.73 Å². The van der Waals surface area contributed by atoms with Gasteiger partial charge < -0.3 is 9.30 Å². The Hall–Kier alpha value is -0.613. The maximum absolute atomic E-state index is 5.73. The number of hydrogen-bond acceptors (Lipinski definition) is 2. The molecule has 1 fully saturated rings. The molecule has 1 aliphatic carbocycles. The van der Waals surface area contributed by atoms with Gasteiger partial charge in [-0.1, -0.05) is 19.6 Å². The fourth-order valence-corrected chi connectivity index (χ4v) is 2.46. The Balaban J connectivity index is 1.74. The topological polar surface area (TPSA) is 27.1 Å². The molecule has 0 bridgehead atoms. The van der Waals surface area contributed by atoms with E-state index in [-0.39, 0.29) is 0 Å². The minimum atomic E-state index is -0.952. The summed E-state index contributed by atoms with van der Waals surface area (Å²) >= 11 is 0. The first kappa shape index (κ1) is 11.9. The summed E-state index contributed by atoms with van der Waals surface area (Å²) in [5.74, 6) is 0.753. The summed E-state index contributed by atoms with van der Waals surface area (Å²) < 4.78 is 7.88. The van der Waals surface area contributed by atoms with Gasteiger partial charge in [0.25, 0.3) is 0 Å². The summed E-state index contributed by atoms with van der Waals surface area (Å²) in [6.07, 6.45) is 6.52. The van der Waals surface area contributed by atoms with Crippen molar-refractivity contribution in [3.05, 3.63) is 18.2 Å². The summed E-state index contributed by atoms with van der Waals surface area (Å²) in [4.78, 5) is 4.20. The number of ether oxygens (including phenoxy) is 1. The molecule has 0 N–H and O–H groups in total. The maximum atomic E-state index is 5.73. The number of nitrogens with zero attached hydrogens (tertiary/aromatic N) is 2. The molecule has 4 heteroatoms. The molecule has 3 nitrogen and oxygen atoms in total. The minimum Gasteiger partial charge on any atom is -0.361 e. The molecule has 0 aliphatic heterocycles. The Bertz CT molecular complexity index is 339. The fraction of sp³-hybridized carbons (Fsp3) is 0.750. The van der Waals surface area contributed by atoms with Crippen LogP contribution < -0.4 is 0 Å². The van der Waals surface area contributed by atoms with Crippen molar-refractivity contribution in [3.63, 3.8) is 0 Å². The lowest BCUT2D eigenvalue weighted by Gasteiger charge is -2.16. The van der Waals surface area contributed by atoms with Crippen LogP contribution in [0.5, 0.6) is 0 Å². The lowest BCUT2D eigenvalue weighted by Crippen LogP contribution is -2.22. The number of aromatic nitrogens is 2. The molecule has 1 aromatic rings. The Morgan fingerprint density at radius 2 is 2.19 bits per heavy atom. The lowest BCUT2D eigenvalue weighted by atomic mass is 10.3. The molecule has 16 heavy (non-hydrogen) atoms. The van der Waals surface area contributed by atoms with E-state index in [4.69, 9.17) is 4.74 Å². The zero-order valence-corrected chi connectivity index (χ0v) is 11.6. The van der Waals surface area contributed by atoms with Crippen LogP contribution in [0.15, 0.2) is 12.5 Å². The quantitative estimate of drug-likeness (QED) is 0.562. The Morgan fingerprint density at radius 3 is 2.81 bits per heavy atom. The van der Waals surface area contributed by atoms with Crippen molar-refractivity contribution in [1.29, 1.82) is 0 Å². The lowest BCUT2D eigenvalue weighted by molar-refractivity contribution is 0.0853. The molecule has 2 rings (SSSR count). The van der Waals surface area contributed by atoms with E-state index in [1.807, 2.05) is 12.5 Å². The van der Waals surface area contributed by atoms with Gasteiger partial charge in [0, 0.05) is 32.5 Å². The zero-order chi connectivity index (χ0) is 11.6. The van der Waals surface area contributed by atoms with Crippen molar-refractivity contribution in [2.24, 2.45) is 0 Å². The SMILES string of the molecule is C[Si](C)(C)CCOCn1cncc1C1CC1. The highest BCUT2D eigenvalue weighted by Crippen LogP contribution is 2.39. The van der Waals surface area contributed by atoms with E-state index >= 15 is 0 Å². The van der Waals surface area contributed by atoms with Crippen molar-refractivity contribution in [1.82, 2.24) is 9.55 Å². The third kappa shape index (κ3) is 3.45. The predicted molar refractivity (Wildman–Crippen MR) is 68.3 cm³/mol. The van der Waals surface area contributed by atoms with Crippen LogP contribution in [0.2, 0.25) is 25.7 Å². The van der Waals surface area contributed by atoms with Gasteiger partial charge in [-0.3, -0.25) is 0 Å². The van der Waals surface area contributed by atoms with Crippen LogP contribution in [0.25, 0.3) is 0 Å². The monoisotopic (exact) mass is 238 g/mol. The first-order valence-corrected chi connectivity index (χ1v) is 9.85. The van der Waals surface area contributed by atoms with Crippen LogP contribution in [0, 0.1) is 0 Å². The van der Waals surface area contributed by atoms with E-state index in [2.05, 4.69) is 29.2 Å². The fourth-order valence-electron chi connectivity index (χ4n) is 1.70. The van der Waals surface area contributed by atoms with Crippen molar-refractivity contribution in [3.8, 4) is 0 Å². The van der Waals surface area contributed by atoms with Crippen LogP contribution in [0.4, 0.5) is 0 Å². The largest absolute Gasteiger partial charge is 0.361 e. The highest BCUT2D eigenvalue weighted by atomic mass is 28.3. The smallest absolute Gasteiger partial charge is 0.123 e. The Kier molecular flexibility index (Phi) is 3.49. The van der Waals surface area contributed by atoms with Crippen LogP contribution in [-0.2, 0) is 11.5 Å². The molecule has 0 amide bonds. The van der Waals surface area contributed by atoms with Gasteiger partial charge in [0.2, 0.25) is 0 Å². The maximum Gasteiger partial charge on any atom is 0.123 e. The molecule has 0 saturated heterocycles. The Morgan fingerprint density at radius 1 is 1.44 bits per heavy atom. The summed E-state index contributed by atoms with van der Waals surface area (Å²) in [7, 11) is -0.952. The zero-order valence-electron chi connectivity index (χ0n) is 10.6. The molecule has 0 aromatic carbocycles. The molecule has 0 unspecified atom stereocenters. The highest BCUT2D eigenvalue weighted by molar-refractivity contribution is 6.76. The minimum absolute atomic E-state index is 0.677. The van der Waals surface area contributed by atoms with E-state index in [1.54, 1.807) is 0 Å². The van der Waals surface area contributed by atoms with Crippen LogP contribution in [-0.4, -0.2) is 24.2 Å². The van der Waals surface area contributed by atoms with E-state index < -0.39 is 8.07 Å². The van der Waals surface area contributed by atoms with Gasteiger partial charge in [0.15, 0.2) is 0 Å². The van der Waals surface area contributed by atoms with Crippen LogP contribution in [0.3, 0.4) is 0 Å². The molecule has 1 aromatic heterocycles. The van der Waals surface area contributed by atoms with Crippen molar-refractivity contribution in [2.45, 2.75) is 51.2 Å². The molecular formula is C12H22N2OSi. The molecule has 1 aliphatic rings. The van der Waals surface area contributed by atoms with Crippen LogP contribution in [0.1, 0.15) is 24.5 Å². The average molecular weight is 238 g/mol. The van der Waals surface area contributed by atoms with Gasteiger partial charge in [-0.25, -0.2) is 4.98 Å². The van der Waals surface area contributed by atoms with E-state index in [1.165, 1.54) is 24.6 Å². The number of rotatable bonds is 6. The first-order valence-electron chi connectivity index (χ1n) is 6.14. The molecule has 0 spiro atoms. The molecule has 1 saturated carbocycles. The second-order valence-electron chi connectivity index (χ2n) is 5.91. The van der Waals surface area contributed by atoms with E-state index in [9.17, 15) is 0 Å². The van der Waals surface area contributed by atoms with Crippen molar-refractivity contribution in [2.75, 3.05) is 6.61 Å². The number of hydrogen-bond donors (Lipinski definition) is 0. The van der Waals surface area contributed by atoms with E-state index in [0.717, 1.165) is 12.5 Å². The van der Waals surface area contributed by atoms with Gasteiger partial charge in [0.05, 0.1) is 6.33 Å². The van der Waals surface area contributed by atoms with Gasteiger partial charge >= 0.3 is 0 Å². The van der Waals surface area contributed by atoms with Crippen molar-refractivity contribution >= 4 is 8.07 Å². The standard InChI is InChI=1S/C12H22N2OSi/c1-16(2,3)7-6-15-10-14-9-13-8-12(14)11-4-5-11/h8-9,11H,4-7,10H2,1-3H3. The summed E-state index contributed by atoms with van der Waals surface area (Å²) in [6.45, 7) is 8.70. The van der Waals surface area contributed by atoms with Gasteiger partial charge in [-0.2, -0.15) is 0 Å². The van der Waals surface area contributed by atoms with Crippen LogP contribution >= 0.6 is 0 Å². The second-order valence-corrected chi connectivity index (χ2v) is 11.5. The summed E-state index contributed by atoms with van der Waals surface area (Å²) in [5.41, 5.74) is 1.35. The summed E-state index contributed by atoms with van der Waals surface area (Å²) in [6, 6.07) is 1.24.